The summed E-state index contributed by atoms with van der Waals surface area (Å²) >= 11 is 0. The van der Waals surface area contributed by atoms with Gasteiger partial charge in [-0.25, -0.2) is 0 Å². The number of aryl methyl sites for hydroxylation is 2. The molecule has 2 rings (SSSR count). The molecule has 0 aliphatic heterocycles. The fourth-order valence-corrected chi connectivity index (χ4v) is 3.76. The summed E-state index contributed by atoms with van der Waals surface area (Å²) in [5.74, 6) is 0.381. The van der Waals surface area contributed by atoms with E-state index >= 15 is 0 Å². The van der Waals surface area contributed by atoms with Crippen LogP contribution in [-0.4, -0.2) is 10.7 Å². The van der Waals surface area contributed by atoms with Crippen molar-refractivity contribution < 1.29 is 5.11 Å². The van der Waals surface area contributed by atoms with Gasteiger partial charge in [0.15, 0.2) is 0 Å². The molecular weight excluding hydrogens is 220 g/mol. The zero-order valence-corrected chi connectivity index (χ0v) is 12.4. The number of aliphatic hydroxyl groups is 1. The van der Waals surface area contributed by atoms with E-state index in [-0.39, 0.29) is 5.41 Å². The van der Waals surface area contributed by atoms with Crippen molar-refractivity contribution in [2.45, 2.75) is 59.5 Å². The molecule has 2 atom stereocenters. The Hall–Kier alpha value is -0.820. The molecule has 0 saturated heterocycles. The van der Waals surface area contributed by atoms with Crippen molar-refractivity contribution >= 4 is 0 Å². The van der Waals surface area contributed by atoms with Crippen LogP contribution in [0, 0.1) is 25.2 Å². The van der Waals surface area contributed by atoms with Crippen LogP contribution < -0.4 is 0 Å². The minimum atomic E-state index is -0.527. The first-order valence-electron chi connectivity index (χ1n) is 7.01. The quantitative estimate of drug-likeness (QED) is 0.835. The maximum atomic E-state index is 11.0. The molecule has 0 aromatic heterocycles. The Morgan fingerprint density at radius 3 is 2.22 bits per heavy atom. The van der Waals surface area contributed by atoms with Gasteiger partial charge < -0.3 is 5.11 Å². The van der Waals surface area contributed by atoms with E-state index in [0.717, 1.165) is 19.3 Å². The van der Waals surface area contributed by atoms with E-state index < -0.39 is 5.60 Å². The molecule has 18 heavy (non-hydrogen) atoms. The molecule has 0 heterocycles. The summed E-state index contributed by atoms with van der Waals surface area (Å²) in [4.78, 5) is 0. The van der Waals surface area contributed by atoms with Crippen LogP contribution >= 0.6 is 0 Å². The molecule has 1 aliphatic carbocycles. The molecule has 1 saturated carbocycles. The molecule has 1 aromatic carbocycles. The lowest BCUT2D eigenvalue weighted by Crippen LogP contribution is -2.35. The van der Waals surface area contributed by atoms with E-state index in [4.69, 9.17) is 0 Å². The molecule has 1 fully saturated rings. The normalized spacial score (nSPS) is 30.7. The molecule has 1 heteroatoms. The highest BCUT2D eigenvalue weighted by molar-refractivity contribution is 5.35. The van der Waals surface area contributed by atoms with E-state index in [0.29, 0.717) is 5.92 Å². The Labute approximate surface area is 111 Å². The molecule has 0 amide bonds. The third-order valence-corrected chi connectivity index (χ3v) is 4.69. The summed E-state index contributed by atoms with van der Waals surface area (Å²) < 4.78 is 0. The molecule has 1 aromatic rings. The predicted molar refractivity (Wildman–Crippen MR) is 76.7 cm³/mol. The van der Waals surface area contributed by atoms with Crippen molar-refractivity contribution in [1.82, 2.24) is 0 Å². The second kappa shape index (κ2) is 4.38. The SMILES string of the molecule is Cc1cccc(C)c1CC1(O)CC(C)(C)CC1C. The van der Waals surface area contributed by atoms with Crippen LogP contribution in [0.15, 0.2) is 18.2 Å². The van der Waals surface area contributed by atoms with Gasteiger partial charge in [-0.1, -0.05) is 39.0 Å². The van der Waals surface area contributed by atoms with Gasteiger partial charge in [0.2, 0.25) is 0 Å². The average Bonchev–Trinajstić information content (AvgIpc) is 2.42. The van der Waals surface area contributed by atoms with E-state index in [1.54, 1.807) is 0 Å². The minimum absolute atomic E-state index is 0.269. The largest absolute Gasteiger partial charge is 0.389 e. The number of benzene rings is 1. The second-order valence-electron chi connectivity index (χ2n) is 7.10. The van der Waals surface area contributed by atoms with Crippen LogP contribution in [0.4, 0.5) is 0 Å². The lowest BCUT2D eigenvalue weighted by molar-refractivity contribution is 0.00419. The molecule has 2 unspecified atom stereocenters. The van der Waals surface area contributed by atoms with E-state index in [1.165, 1.54) is 16.7 Å². The maximum absolute atomic E-state index is 11.0. The van der Waals surface area contributed by atoms with Gasteiger partial charge in [-0.05, 0) is 54.7 Å². The Balaban J connectivity index is 2.29. The lowest BCUT2D eigenvalue weighted by atomic mass is 9.82. The fourth-order valence-electron chi connectivity index (χ4n) is 3.76. The number of rotatable bonds is 2. The van der Waals surface area contributed by atoms with Crippen molar-refractivity contribution in [2.75, 3.05) is 0 Å². The van der Waals surface area contributed by atoms with Gasteiger partial charge in [-0.15, -0.1) is 0 Å². The third-order valence-electron chi connectivity index (χ3n) is 4.69. The molecule has 1 aliphatic rings. The van der Waals surface area contributed by atoms with Gasteiger partial charge in [-0.2, -0.15) is 0 Å². The van der Waals surface area contributed by atoms with E-state index in [1.807, 2.05) is 0 Å². The van der Waals surface area contributed by atoms with Gasteiger partial charge in [0.1, 0.15) is 0 Å². The van der Waals surface area contributed by atoms with Crippen LogP contribution in [0.3, 0.4) is 0 Å². The average molecular weight is 246 g/mol. The first-order chi connectivity index (χ1) is 8.23. The zero-order valence-electron chi connectivity index (χ0n) is 12.4. The highest BCUT2D eigenvalue weighted by Crippen LogP contribution is 2.49. The van der Waals surface area contributed by atoms with E-state index in [2.05, 4.69) is 52.8 Å². The van der Waals surface area contributed by atoms with Crippen molar-refractivity contribution in [2.24, 2.45) is 11.3 Å². The Morgan fingerprint density at radius 1 is 1.22 bits per heavy atom. The first-order valence-corrected chi connectivity index (χ1v) is 7.01. The van der Waals surface area contributed by atoms with Crippen LogP contribution in [0.2, 0.25) is 0 Å². The molecule has 1 nitrogen and oxygen atoms in total. The monoisotopic (exact) mass is 246 g/mol. The van der Waals surface area contributed by atoms with Gasteiger partial charge in [0, 0.05) is 6.42 Å². The zero-order chi connectivity index (χ0) is 13.6. The summed E-state index contributed by atoms with van der Waals surface area (Å²) in [6, 6.07) is 6.40. The van der Waals surface area contributed by atoms with Gasteiger partial charge in [0.25, 0.3) is 0 Å². The van der Waals surface area contributed by atoms with Gasteiger partial charge in [0.05, 0.1) is 5.60 Å². The van der Waals surface area contributed by atoms with Crippen LogP contribution in [0.5, 0.6) is 0 Å². The topological polar surface area (TPSA) is 20.2 Å². The van der Waals surface area contributed by atoms with Crippen molar-refractivity contribution in [3.63, 3.8) is 0 Å². The molecule has 0 bridgehead atoms. The van der Waals surface area contributed by atoms with Gasteiger partial charge in [-0.3, -0.25) is 0 Å². The Kier molecular flexibility index (Phi) is 3.31. The highest BCUT2D eigenvalue weighted by Gasteiger charge is 2.47. The minimum Gasteiger partial charge on any atom is -0.389 e. The van der Waals surface area contributed by atoms with Crippen molar-refractivity contribution in [1.29, 1.82) is 0 Å². The van der Waals surface area contributed by atoms with Crippen molar-refractivity contribution in [3.8, 4) is 0 Å². The smallest absolute Gasteiger partial charge is 0.0718 e. The number of hydrogen-bond acceptors (Lipinski definition) is 1. The summed E-state index contributed by atoms with van der Waals surface area (Å²) in [7, 11) is 0. The van der Waals surface area contributed by atoms with Gasteiger partial charge >= 0.3 is 0 Å². The van der Waals surface area contributed by atoms with Crippen LogP contribution in [0.25, 0.3) is 0 Å². The van der Waals surface area contributed by atoms with Crippen molar-refractivity contribution in [3.05, 3.63) is 34.9 Å². The molecule has 0 radical (unpaired) electrons. The summed E-state index contributed by atoms with van der Waals surface area (Å²) in [6.07, 6.45) is 2.83. The van der Waals surface area contributed by atoms with Crippen LogP contribution in [0.1, 0.15) is 50.3 Å². The summed E-state index contributed by atoms with van der Waals surface area (Å²) in [5.41, 5.74) is 3.69. The Morgan fingerprint density at radius 2 is 1.78 bits per heavy atom. The Bertz CT molecular complexity index is 427. The van der Waals surface area contributed by atoms with Crippen LogP contribution in [-0.2, 0) is 6.42 Å². The fraction of sp³-hybridized carbons (Fsp3) is 0.647. The third kappa shape index (κ3) is 2.47. The first kappa shape index (κ1) is 13.6. The standard InChI is InChI=1S/C17H26O/c1-12-7-6-8-13(2)15(12)10-17(18)11-16(4,5)9-14(17)3/h6-8,14,18H,9-11H2,1-5H3. The second-order valence-corrected chi connectivity index (χ2v) is 7.10. The molecule has 100 valence electrons. The number of hydrogen-bond donors (Lipinski definition) is 1. The summed E-state index contributed by atoms with van der Waals surface area (Å²) in [5, 5.41) is 11.0. The highest BCUT2D eigenvalue weighted by atomic mass is 16.3. The maximum Gasteiger partial charge on any atom is 0.0718 e. The van der Waals surface area contributed by atoms with E-state index in [9.17, 15) is 5.11 Å². The lowest BCUT2D eigenvalue weighted by Gasteiger charge is -2.30. The molecule has 0 spiro atoms. The predicted octanol–water partition coefficient (Wildman–Crippen LogP) is 4.03. The molecular formula is C17H26O. The summed E-state index contributed by atoms with van der Waals surface area (Å²) in [6.45, 7) is 11.0. The molecule has 1 N–H and O–H groups in total.